The van der Waals surface area contributed by atoms with Crippen molar-refractivity contribution in [1.29, 1.82) is 0 Å². The maximum Gasteiger partial charge on any atom is 0.165 e. The summed E-state index contributed by atoms with van der Waals surface area (Å²) >= 11 is 0. The van der Waals surface area contributed by atoms with E-state index in [0.717, 1.165) is 24.9 Å². The van der Waals surface area contributed by atoms with Gasteiger partial charge in [-0.3, -0.25) is 0 Å². The second-order valence-corrected chi connectivity index (χ2v) is 6.25. The summed E-state index contributed by atoms with van der Waals surface area (Å²) in [4.78, 5) is 0. The van der Waals surface area contributed by atoms with Gasteiger partial charge in [0.1, 0.15) is 6.61 Å². The molecule has 0 aliphatic carbocycles. The topological polar surface area (TPSA) is 30.5 Å². The molecule has 0 radical (unpaired) electrons. The molecule has 1 heterocycles. The number of benzene rings is 1. The van der Waals surface area contributed by atoms with E-state index in [1.165, 1.54) is 0 Å². The van der Waals surface area contributed by atoms with Crippen LogP contribution in [0.5, 0.6) is 5.75 Å². The Morgan fingerprint density at radius 1 is 1.38 bits per heavy atom. The van der Waals surface area contributed by atoms with E-state index in [1.54, 1.807) is 12.1 Å². The molecule has 2 rings (SSSR count). The lowest BCUT2D eigenvalue weighted by atomic mass is 10.2. The van der Waals surface area contributed by atoms with E-state index in [0.29, 0.717) is 24.8 Å². The molecule has 1 aromatic rings. The van der Waals surface area contributed by atoms with Crippen molar-refractivity contribution in [1.82, 2.24) is 5.32 Å². The highest BCUT2D eigenvalue weighted by Crippen LogP contribution is 2.22. The van der Waals surface area contributed by atoms with Crippen LogP contribution in [0.1, 0.15) is 39.2 Å². The summed E-state index contributed by atoms with van der Waals surface area (Å²) in [5.74, 6) is 0.599. The zero-order chi connectivity index (χ0) is 15.2. The molecule has 0 saturated carbocycles. The quantitative estimate of drug-likeness (QED) is 0.835. The van der Waals surface area contributed by atoms with Gasteiger partial charge < -0.3 is 14.8 Å². The van der Waals surface area contributed by atoms with Crippen LogP contribution in [-0.4, -0.2) is 25.4 Å². The van der Waals surface area contributed by atoms with Gasteiger partial charge in [-0.1, -0.05) is 19.9 Å². The molecular weight excluding hydrogens is 269 g/mol. The van der Waals surface area contributed by atoms with Crippen LogP contribution in [0.3, 0.4) is 0 Å². The van der Waals surface area contributed by atoms with Crippen molar-refractivity contribution in [3.63, 3.8) is 0 Å². The maximum absolute atomic E-state index is 14.0. The van der Waals surface area contributed by atoms with Gasteiger partial charge in [0, 0.05) is 6.54 Å². The Kier molecular flexibility index (Phi) is 6.00. The second kappa shape index (κ2) is 7.76. The SMILES string of the molecule is CC(C)CNCc1ccc(OCC2CCC(C)O2)c(F)c1. The first-order chi connectivity index (χ1) is 10.0. The van der Waals surface area contributed by atoms with Crippen molar-refractivity contribution in [2.45, 2.75) is 52.4 Å². The molecule has 0 aromatic heterocycles. The Morgan fingerprint density at radius 2 is 2.19 bits per heavy atom. The highest BCUT2D eigenvalue weighted by atomic mass is 19.1. The van der Waals surface area contributed by atoms with Crippen LogP contribution >= 0.6 is 0 Å². The van der Waals surface area contributed by atoms with Crippen LogP contribution in [0, 0.1) is 11.7 Å². The van der Waals surface area contributed by atoms with E-state index in [9.17, 15) is 4.39 Å². The summed E-state index contributed by atoms with van der Waals surface area (Å²) in [6.07, 6.45) is 2.42. The van der Waals surface area contributed by atoms with E-state index < -0.39 is 0 Å². The molecule has 4 heteroatoms. The zero-order valence-electron chi connectivity index (χ0n) is 13.2. The molecular formula is C17H26FNO2. The Balaban J connectivity index is 1.81. The average molecular weight is 295 g/mol. The number of nitrogens with one attached hydrogen (secondary N) is 1. The minimum absolute atomic E-state index is 0.0896. The second-order valence-electron chi connectivity index (χ2n) is 6.25. The fourth-order valence-electron chi connectivity index (χ4n) is 2.47. The molecule has 1 aliphatic heterocycles. The van der Waals surface area contributed by atoms with Crippen LogP contribution in [0.25, 0.3) is 0 Å². The van der Waals surface area contributed by atoms with Crippen molar-refractivity contribution in [3.8, 4) is 5.75 Å². The van der Waals surface area contributed by atoms with Crippen molar-refractivity contribution in [2.75, 3.05) is 13.2 Å². The molecule has 2 unspecified atom stereocenters. The Hall–Kier alpha value is -1.13. The molecule has 0 amide bonds. The molecule has 1 fully saturated rings. The third-order valence-corrected chi connectivity index (χ3v) is 3.62. The van der Waals surface area contributed by atoms with Gasteiger partial charge in [0.2, 0.25) is 0 Å². The van der Waals surface area contributed by atoms with Crippen molar-refractivity contribution in [2.24, 2.45) is 5.92 Å². The Labute approximate surface area is 126 Å². The Bertz CT molecular complexity index is 450. The zero-order valence-corrected chi connectivity index (χ0v) is 13.2. The van der Waals surface area contributed by atoms with Crippen molar-refractivity contribution in [3.05, 3.63) is 29.6 Å². The first-order valence-electron chi connectivity index (χ1n) is 7.82. The molecule has 118 valence electrons. The van der Waals surface area contributed by atoms with Gasteiger partial charge in [-0.15, -0.1) is 0 Å². The number of hydrogen-bond acceptors (Lipinski definition) is 3. The molecule has 21 heavy (non-hydrogen) atoms. The monoisotopic (exact) mass is 295 g/mol. The van der Waals surface area contributed by atoms with Crippen molar-refractivity contribution < 1.29 is 13.9 Å². The summed E-state index contributed by atoms with van der Waals surface area (Å²) in [6.45, 7) is 8.38. The molecule has 3 nitrogen and oxygen atoms in total. The predicted molar refractivity (Wildman–Crippen MR) is 82.0 cm³/mol. The third kappa shape index (κ3) is 5.29. The summed E-state index contributed by atoms with van der Waals surface area (Å²) in [6, 6.07) is 5.16. The minimum atomic E-state index is -0.301. The van der Waals surface area contributed by atoms with E-state index >= 15 is 0 Å². The summed E-state index contributed by atoms with van der Waals surface area (Å²) in [7, 11) is 0. The molecule has 2 atom stereocenters. The fourth-order valence-corrected chi connectivity index (χ4v) is 2.47. The maximum atomic E-state index is 14.0. The smallest absolute Gasteiger partial charge is 0.165 e. The lowest BCUT2D eigenvalue weighted by Crippen LogP contribution is -2.19. The first-order valence-corrected chi connectivity index (χ1v) is 7.82. The molecule has 1 N–H and O–H groups in total. The molecule has 1 aromatic carbocycles. The van der Waals surface area contributed by atoms with Gasteiger partial charge in [0.05, 0.1) is 12.2 Å². The van der Waals surface area contributed by atoms with E-state index in [4.69, 9.17) is 9.47 Å². The van der Waals surface area contributed by atoms with Crippen LogP contribution in [0.2, 0.25) is 0 Å². The molecule has 0 bridgehead atoms. The summed E-state index contributed by atoms with van der Waals surface area (Å²) < 4.78 is 25.2. The van der Waals surface area contributed by atoms with Gasteiger partial charge in [-0.2, -0.15) is 0 Å². The van der Waals surface area contributed by atoms with E-state index in [-0.39, 0.29) is 18.0 Å². The normalized spacial score (nSPS) is 22.0. The Morgan fingerprint density at radius 3 is 2.81 bits per heavy atom. The van der Waals surface area contributed by atoms with Crippen LogP contribution < -0.4 is 10.1 Å². The summed E-state index contributed by atoms with van der Waals surface area (Å²) in [5.41, 5.74) is 0.936. The van der Waals surface area contributed by atoms with Crippen LogP contribution in [-0.2, 0) is 11.3 Å². The highest BCUT2D eigenvalue weighted by Gasteiger charge is 2.22. The highest BCUT2D eigenvalue weighted by molar-refractivity contribution is 5.29. The van der Waals surface area contributed by atoms with Gasteiger partial charge in [-0.25, -0.2) is 4.39 Å². The number of hydrogen-bond donors (Lipinski definition) is 1. The van der Waals surface area contributed by atoms with Gasteiger partial charge in [-0.05, 0) is 49.9 Å². The van der Waals surface area contributed by atoms with Crippen LogP contribution in [0.4, 0.5) is 4.39 Å². The standard InChI is InChI=1S/C17H26FNO2/c1-12(2)9-19-10-14-5-7-17(16(18)8-14)20-11-15-6-4-13(3)21-15/h5,7-8,12-13,15,19H,4,6,9-11H2,1-3H3. The molecule has 1 aliphatic rings. The molecule has 0 spiro atoms. The largest absolute Gasteiger partial charge is 0.488 e. The van der Waals surface area contributed by atoms with E-state index in [1.807, 2.05) is 6.07 Å². The van der Waals surface area contributed by atoms with E-state index in [2.05, 4.69) is 26.1 Å². The lowest BCUT2D eigenvalue weighted by molar-refractivity contribution is 0.0256. The third-order valence-electron chi connectivity index (χ3n) is 3.62. The first kappa shape index (κ1) is 16.2. The number of rotatable bonds is 7. The van der Waals surface area contributed by atoms with Crippen molar-refractivity contribution >= 4 is 0 Å². The summed E-state index contributed by atoms with van der Waals surface area (Å²) in [5, 5.41) is 3.30. The fraction of sp³-hybridized carbons (Fsp3) is 0.647. The van der Waals surface area contributed by atoms with Gasteiger partial charge in [0.15, 0.2) is 11.6 Å². The minimum Gasteiger partial charge on any atom is -0.488 e. The lowest BCUT2D eigenvalue weighted by Gasteiger charge is -2.14. The number of halogens is 1. The molecule has 1 saturated heterocycles. The average Bonchev–Trinajstić information content (AvgIpc) is 2.83. The number of ether oxygens (including phenoxy) is 2. The van der Waals surface area contributed by atoms with Gasteiger partial charge in [0.25, 0.3) is 0 Å². The van der Waals surface area contributed by atoms with Gasteiger partial charge >= 0.3 is 0 Å². The van der Waals surface area contributed by atoms with Crippen LogP contribution in [0.15, 0.2) is 18.2 Å². The predicted octanol–water partition coefficient (Wildman–Crippen LogP) is 3.52.